The highest BCUT2D eigenvalue weighted by atomic mass is 35.5. The van der Waals surface area contributed by atoms with E-state index >= 15 is 0 Å². The molecule has 0 amide bonds. The summed E-state index contributed by atoms with van der Waals surface area (Å²) >= 11 is 12.2. The van der Waals surface area contributed by atoms with Gasteiger partial charge in [-0.3, -0.25) is 0 Å². The molecule has 0 atom stereocenters. The summed E-state index contributed by atoms with van der Waals surface area (Å²) in [6, 6.07) is 3.10. The van der Waals surface area contributed by atoms with Crippen molar-refractivity contribution in [1.82, 2.24) is 20.2 Å². The van der Waals surface area contributed by atoms with E-state index in [9.17, 15) is 4.79 Å². The maximum Gasteiger partial charge on any atom is 0.339 e. The average Bonchev–Trinajstić information content (AvgIpc) is 2.86. The zero-order valence-corrected chi connectivity index (χ0v) is 10.8. The summed E-state index contributed by atoms with van der Waals surface area (Å²) in [5, 5.41) is 11.4. The second-order valence-electron chi connectivity index (χ2n) is 3.39. The molecule has 6 nitrogen and oxygen atoms in total. The molecule has 0 aliphatic rings. The normalized spacial score (nSPS) is 10.4. The lowest BCUT2D eigenvalue weighted by atomic mass is 10.1. The van der Waals surface area contributed by atoms with E-state index in [1.165, 1.54) is 24.2 Å². The molecule has 0 saturated heterocycles. The number of carbonyl (C=O) groups is 1. The molecule has 0 fully saturated rings. The van der Waals surface area contributed by atoms with Gasteiger partial charge >= 0.3 is 5.97 Å². The summed E-state index contributed by atoms with van der Waals surface area (Å²) < 4.78 is 6.09. The number of methoxy groups -OCH3 is 1. The second-order valence-corrected chi connectivity index (χ2v) is 4.17. The Morgan fingerprint density at radius 1 is 1.44 bits per heavy atom. The molecule has 0 aliphatic heterocycles. The van der Waals surface area contributed by atoms with Gasteiger partial charge in [-0.25, -0.2) is 9.48 Å². The lowest BCUT2D eigenvalue weighted by molar-refractivity contribution is 0.0601. The van der Waals surface area contributed by atoms with E-state index in [0.29, 0.717) is 10.6 Å². The number of hydrogen-bond acceptors (Lipinski definition) is 5. The van der Waals surface area contributed by atoms with Crippen LogP contribution in [0.25, 0.3) is 0 Å². The molecule has 0 spiro atoms. The minimum atomic E-state index is -0.519. The first-order valence-corrected chi connectivity index (χ1v) is 5.65. The van der Waals surface area contributed by atoms with Gasteiger partial charge in [0.15, 0.2) is 0 Å². The van der Waals surface area contributed by atoms with Crippen LogP contribution < -0.4 is 0 Å². The first kappa shape index (κ1) is 12.8. The highest BCUT2D eigenvalue weighted by Gasteiger charge is 2.17. The predicted molar refractivity (Wildman–Crippen MR) is 64.7 cm³/mol. The first-order chi connectivity index (χ1) is 8.63. The van der Waals surface area contributed by atoms with Crippen LogP contribution >= 0.6 is 23.2 Å². The number of rotatable bonds is 3. The Kier molecular flexibility index (Phi) is 3.78. The van der Waals surface area contributed by atoms with Crippen molar-refractivity contribution in [2.24, 2.45) is 0 Å². The smallest absolute Gasteiger partial charge is 0.339 e. The molecule has 0 saturated carbocycles. The first-order valence-electron chi connectivity index (χ1n) is 4.89. The largest absolute Gasteiger partial charge is 0.465 e. The van der Waals surface area contributed by atoms with Gasteiger partial charge in [0, 0.05) is 10.6 Å². The highest BCUT2D eigenvalue weighted by Crippen LogP contribution is 2.29. The Morgan fingerprint density at radius 3 is 2.83 bits per heavy atom. The van der Waals surface area contributed by atoms with Crippen LogP contribution in [0.15, 0.2) is 18.5 Å². The van der Waals surface area contributed by atoms with E-state index in [2.05, 4.69) is 20.3 Å². The molecule has 1 aromatic heterocycles. The lowest BCUT2D eigenvalue weighted by Crippen LogP contribution is -2.07. The fourth-order valence-electron chi connectivity index (χ4n) is 1.42. The van der Waals surface area contributed by atoms with Crippen LogP contribution in [0, 0.1) is 0 Å². The fourth-order valence-corrected chi connectivity index (χ4v) is 1.99. The van der Waals surface area contributed by atoms with E-state index in [-0.39, 0.29) is 17.1 Å². The Bertz CT molecular complexity index is 572. The van der Waals surface area contributed by atoms with Crippen molar-refractivity contribution in [2.75, 3.05) is 7.11 Å². The molecule has 0 N–H and O–H groups in total. The second kappa shape index (κ2) is 5.32. The average molecular weight is 287 g/mol. The molecule has 0 aliphatic carbocycles. The SMILES string of the molecule is COC(=O)c1ccc(Cl)c(Cn2cnnn2)c1Cl. The van der Waals surface area contributed by atoms with Crippen molar-refractivity contribution in [3.63, 3.8) is 0 Å². The summed E-state index contributed by atoms with van der Waals surface area (Å²) in [7, 11) is 1.29. The number of carbonyl (C=O) groups excluding carboxylic acids is 1. The number of esters is 1. The molecule has 0 bridgehead atoms. The van der Waals surface area contributed by atoms with Crippen molar-refractivity contribution in [2.45, 2.75) is 6.54 Å². The fraction of sp³-hybridized carbons (Fsp3) is 0.200. The number of tetrazole rings is 1. The minimum Gasteiger partial charge on any atom is -0.465 e. The number of ether oxygens (including phenoxy) is 1. The van der Waals surface area contributed by atoms with Crippen LogP contribution in [0.1, 0.15) is 15.9 Å². The molecular formula is C10H8Cl2N4O2. The lowest BCUT2D eigenvalue weighted by Gasteiger charge is -2.09. The zero-order valence-electron chi connectivity index (χ0n) is 9.30. The van der Waals surface area contributed by atoms with Crippen LogP contribution in [0.4, 0.5) is 0 Å². The summed E-state index contributed by atoms with van der Waals surface area (Å²) in [4.78, 5) is 11.5. The molecular weight excluding hydrogens is 279 g/mol. The summed E-state index contributed by atoms with van der Waals surface area (Å²) in [6.07, 6.45) is 1.43. The number of aromatic nitrogens is 4. The third-order valence-corrected chi connectivity index (χ3v) is 3.09. The van der Waals surface area contributed by atoms with Gasteiger partial charge in [0.2, 0.25) is 0 Å². The molecule has 18 heavy (non-hydrogen) atoms. The van der Waals surface area contributed by atoms with Crippen LogP contribution in [-0.4, -0.2) is 33.3 Å². The third-order valence-electron chi connectivity index (χ3n) is 2.30. The van der Waals surface area contributed by atoms with Crippen molar-refractivity contribution in [3.8, 4) is 0 Å². The highest BCUT2D eigenvalue weighted by molar-refractivity contribution is 6.37. The third kappa shape index (κ3) is 2.44. The van der Waals surface area contributed by atoms with E-state index in [1.807, 2.05) is 0 Å². The zero-order chi connectivity index (χ0) is 13.1. The number of nitrogens with zero attached hydrogens (tertiary/aromatic N) is 4. The number of benzene rings is 1. The van der Waals surface area contributed by atoms with Gasteiger partial charge in [0.25, 0.3) is 0 Å². The number of halogens is 2. The van der Waals surface area contributed by atoms with Gasteiger partial charge in [0.05, 0.1) is 24.2 Å². The molecule has 1 aromatic carbocycles. The standard InChI is InChI=1S/C10H8Cl2N4O2/c1-18-10(17)6-2-3-8(11)7(9(6)12)4-16-5-13-14-15-16/h2-3,5H,4H2,1H3. The maximum absolute atomic E-state index is 11.5. The molecule has 0 unspecified atom stereocenters. The molecule has 2 aromatic rings. The van der Waals surface area contributed by atoms with E-state index in [4.69, 9.17) is 23.2 Å². The van der Waals surface area contributed by atoms with Gasteiger partial charge in [-0.05, 0) is 22.6 Å². The molecule has 2 rings (SSSR count). The monoisotopic (exact) mass is 286 g/mol. The van der Waals surface area contributed by atoms with E-state index < -0.39 is 5.97 Å². The molecule has 8 heteroatoms. The number of hydrogen-bond donors (Lipinski definition) is 0. The maximum atomic E-state index is 11.5. The van der Waals surface area contributed by atoms with Crippen molar-refractivity contribution >= 4 is 29.2 Å². The minimum absolute atomic E-state index is 0.241. The Morgan fingerprint density at radius 2 is 2.22 bits per heavy atom. The van der Waals surface area contributed by atoms with E-state index in [1.54, 1.807) is 6.07 Å². The Hall–Kier alpha value is -1.66. The van der Waals surface area contributed by atoms with Crippen LogP contribution in [0.3, 0.4) is 0 Å². The van der Waals surface area contributed by atoms with Gasteiger partial charge in [-0.15, -0.1) is 5.10 Å². The summed E-state index contributed by atoms with van der Waals surface area (Å²) in [5.74, 6) is -0.519. The van der Waals surface area contributed by atoms with Crippen LogP contribution in [0.2, 0.25) is 10.0 Å². The van der Waals surface area contributed by atoms with Gasteiger partial charge in [-0.2, -0.15) is 0 Å². The van der Waals surface area contributed by atoms with Crippen molar-refractivity contribution in [1.29, 1.82) is 0 Å². The Labute approximate surface area is 112 Å². The molecule has 1 heterocycles. The van der Waals surface area contributed by atoms with Crippen LogP contribution in [-0.2, 0) is 11.3 Å². The Balaban J connectivity index is 2.42. The quantitative estimate of drug-likeness (QED) is 0.805. The predicted octanol–water partition coefficient (Wildman–Crippen LogP) is 1.81. The van der Waals surface area contributed by atoms with E-state index in [0.717, 1.165) is 0 Å². The van der Waals surface area contributed by atoms with Crippen molar-refractivity contribution < 1.29 is 9.53 Å². The van der Waals surface area contributed by atoms with Gasteiger partial charge in [-0.1, -0.05) is 23.2 Å². The van der Waals surface area contributed by atoms with Crippen LogP contribution in [0.5, 0.6) is 0 Å². The topological polar surface area (TPSA) is 69.9 Å². The summed E-state index contributed by atoms with van der Waals surface area (Å²) in [6.45, 7) is 0.273. The van der Waals surface area contributed by atoms with Crippen molar-refractivity contribution in [3.05, 3.63) is 39.6 Å². The molecule has 0 radical (unpaired) electrons. The van der Waals surface area contributed by atoms with Gasteiger partial charge in [0.1, 0.15) is 6.33 Å². The molecule has 94 valence electrons. The van der Waals surface area contributed by atoms with Gasteiger partial charge < -0.3 is 4.74 Å². The summed E-state index contributed by atoms with van der Waals surface area (Å²) in [5.41, 5.74) is 0.820.